The lowest BCUT2D eigenvalue weighted by atomic mass is 9.87. The quantitative estimate of drug-likeness (QED) is 0.731. The molecule has 1 heterocycles. The zero-order valence-corrected chi connectivity index (χ0v) is 10.7. The van der Waals surface area contributed by atoms with Crippen molar-refractivity contribution in [3.05, 3.63) is 23.8 Å². The maximum absolute atomic E-state index is 5.47. The fourth-order valence-corrected chi connectivity index (χ4v) is 2.51. The van der Waals surface area contributed by atoms with Crippen LogP contribution in [0.2, 0.25) is 0 Å². The molecule has 0 atom stereocenters. The summed E-state index contributed by atoms with van der Waals surface area (Å²) in [4.78, 5) is 2.28. The van der Waals surface area contributed by atoms with Gasteiger partial charge in [-0.2, -0.15) is 0 Å². The summed E-state index contributed by atoms with van der Waals surface area (Å²) in [5.41, 5.74) is 9.25. The molecule has 1 aromatic rings. The molecule has 2 rings (SSSR count). The summed E-state index contributed by atoms with van der Waals surface area (Å²) in [5, 5.41) is 3.29. The van der Waals surface area contributed by atoms with Crippen LogP contribution in [0.25, 0.3) is 0 Å². The highest BCUT2D eigenvalue weighted by Gasteiger charge is 2.33. The maximum atomic E-state index is 5.47. The maximum Gasteiger partial charge on any atom is 0.168 e. The minimum Gasteiger partial charge on any atom is -0.376 e. The van der Waals surface area contributed by atoms with Crippen LogP contribution in [0.15, 0.2) is 18.2 Å². The van der Waals surface area contributed by atoms with Gasteiger partial charge in [0.1, 0.15) is 0 Å². The van der Waals surface area contributed by atoms with Crippen molar-refractivity contribution in [2.24, 2.45) is 5.73 Å². The lowest BCUT2D eigenvalue weighted by Gasteiger charge is -2.18. The highest BCUT2D eigenvalue weighted by molar-refractivity contribution is 7.80. The van der Waals surface area contributed by atoms with Gasteiger partial charge < -0.3 is 16.0 Å². The molecule has 0 saturated heterocycles. The van der Waals surface area contributed by atoms with Crippen LogP contribution >= 0.6 is 12.2 Å². The monoisotopic (exact) mass is 235 g/mol. The summed E-state index contributed by atoms with van der Waals surface area (Å²) in [6.07, 6.45) is 0. The van der Waals surface area contributed by atoms with Gasteiger partial charge in [-0.05, 0) is 36.0 Å². The summed E-state index contributed by atoms with van der Waals surface area (Å²) in [6, 6.07) is 6.26. The molecule has 0 amide bonds. The lowest BCUT2D eigenvalue weighted by molar-refractivity contribution is 0.563. The molecule has 0 aromatic heterocycles. The Morgan fingerprint density at radius 1 is 1.50 bits per heavy atom. The van der Waals surface area contributed by atoms with Crippen molar-refractivity contribution in [2.75, 3.05) is 23.8 Å². The van der Waals surface area contributed by atoms with Crippen molar-refractivity contribution in [3.63, 3.8) is 0 Å². The third-order valence-electron chi connectivity index (χ3n) is 3.04. The molecule has 1 aromatic carbocycles. The van der Waals surface area contributed by atoms with Crippen molar-refractivity contribution < 1.29 is 0 Å². The number of likely N-dealkylation sites (N-methyl/N-ethyl adjacent to an activating group) is 1. The zero-order chi connectivity index (χ0) is 11.9. The van der Waals surface area contributed by atoms with E-state index in [2.05, 4.69) is 43.2 Å². The first-order valence-corrected chi connectivity index (χ1v) is 5.73. The number of thiocarbonyl (C=S) groups is 1. The molecule has 0 radical (unpaired) electrons. The Labute approximate surface area is 102 Å². The Kier molecular flexibility index (Phi) is 2.54. The van der Waals surface area contributed by atoms with E-state index in [-0.39, 0.29) is 5.41 Å². The van der Waals surface area contributed by atoms with Crippen molar-refractivity contribution in [2.45, 2.75) is 19.3 Å². The Morgan fingerprint density at radius 2 is 2.19 bits per heavy atom. The molecule has 4 heteroatoms. The second kappa shape index (κ2) is 3.63. The number of fused-ring (bicyclic) bond motifs is 1. The molecular weight excluding hydrogens is 218 g/mol. The molecule has 0 aliphatic carbocycles. The molecular formula is C12H17N3S. The molecule has 3 nitrogen and oxygen atoms in total. The first-order chi connectivity index (χ1) is 7.40. The molecule has 16 heavy (non-hydrogen) atoms. The number of hydrogen-bond acceptors (Lipinski definition) is 2. The SMILES string of the molecule is CN1CC(C)(C)c2cc(NC(N)=S)ccc21. The normalized spacial score (nSPS) is 17.1. The van der Waals surface area contributed by atoms with Gasteiger partial charge in [0.25, 0.3) is 0 Å². The van der Waals surface area contributed by atoms with Crippen LogP contribution in [-0.2, 0) is 5.41 Å². The van der Waals surface area contributed by atoms with Crippen LogP contribution in [0, 0.1) is 0 Å². The summed E-state index contributed by atoms with van der Waals surface area (Å²) in [6.45, 7) is 5.54. The first-order valence-electron chi connectivity index (χ1n) is 5.32. The highest BCUT2D eigenvalue weighted by Crippen LogP contribution is 2.40. The van der Waals surface area contributed by atoms with Crippen LogP contribution in [-0.4, -0.2) is 18.7 Å². The van der Waals surface area contributed by atoms with E-state index in [9.17, 15) is 0 Å². The predicted molar refractivity (Wildman–Crippen MR) is 73.1 cm³/mol. The molecule has 0 fully saturated rings. The van der Waals surface area contributed by atoms with Gasteiger partial charge in [-0.15, -0.1) is 0 Å². The number of rotatable bonds is 1. The second-order valence-electron chi connectivity index (χ2n) is 4.96. The van der Waals surface area contributed by atoms with Gasteiger partial charge in [0.15, 0.2) is 5.11 Å². The number of anilines is 2. The van der Waals surface area contributed by atoms with E-state index >= 15 is 0 Å². The summed E-state index contributed by atoms with van der Waals surface area (Å²) >= 11 is 4.84. The Balaban J connectivity index is 2.42. The van der Waals surface area contributed by atoms with Gasteiger partial charge >= 0.3 is 0 Å². The van der Waals surface area contributed by atoms with Crippen LogP contribution in [0.5, 0.6) is 0 Å². The van der Waals surface area contributed by atoms with Crippen molar-refractivity contribution in [1.29, 1.82) is 0 Å². The van der Waals surface area contributed by atoms with E-state index < -0.39 is 0 Å². The fraction of sp³-hybridized carbons (Fsp3) is 0.417. The number of nitrogens with zero attached hydrogens (tertiary/aromatic N) is 1. The summed E-state index contributed by atoms with van der Waals surface area (Å²) in [5.74, 6) is 0. The van der Waals surface area contributed by atoms with E-state index in [1.807, 2.05) is 6.07 Å². The number of benzene rings is 1. The minimum atomic E-state index is 0.179. The largest absolute Gasteiger partial charge is 0.376 e. The lowest BCUT2D eigenvalue weighted by Crippen LogP contribution is -2.25. The van der Waals surface area contributed by atoms with E-state index in [0.29, 0.717) is 5.11 Å². The zero-order valence-electron chi connectivity index (χ0n) is 9.87. The third-order valence-corrected chi connectivity index (χ3v) is 3.14. The second-order valence-corrected chi connectivity index (χ2v) is 5.40. The smallest absolute Gasteiger partial charge is 0.168 e. The van der Waals surface area contributed by atoms with Crippen LogP contribution in [0.3, 0.4) is 0 Å². The molecule has 0 spiro atoms. The highest BCUT2D eigenvalue weighted by atomic mass is 32.1. The molecule has 86 valence electrons. The van der Waals surface area contributed by atoms with Gasteiger partial charge in [-0.1, -0.05) is 13.8 Å². The molecule has 3 N–H and O–H groups in total. The van der Waals surface area contributed by atoms with Gasteiger partial charge in [-0.3, -0.25) is 0 Å². The van der Waals surface area contributed by atoms with E-state index in [0.717, 1.165) is 12.2 Å². The molecule has 0 bridgehead atoms. The van der Waals surface area contributed by atoms with Gasteiger partial charge in [0.05, 0.1) is 0 Å². The van der Waals surface area contributed by atoms with Crippen LogP contribution in [0.4, 0.5) is 11.4 Å². The van der Waals surface area contributed by atoms with Crippen LogP contribution < -0.4 is 16.0 Å². The van der Waals surface area contributed by atoms with Gasteiger partial charge in [-0.25, -0.2) is 0 Å². The third kappa shape index (κ3) is 1.85. The van der Waals surface area contributed by atoms with E-state index in [1.54, 1.807) is 0 Å². The Hall–Kier alpha value is -1.29. The van der Waals surface area contributed by atoms with Crippen molar-refractivity contribution in [3.8, 4) is 0 Å². The fourth-order valence-electron chi connectivity index (χ4n) is 2.39. The summed E-state index contributed by atoms with van der Waals surface area (Å²) < 4.78 is 0. The summed E-state index contributed by atoms with van der Waals surface area (Å²) in [7, 11) is 2.12. The first kappa shape index (κ1) is 11.2. The van der Waals surface area contributed by atoms with E-state index in [4.69, 9.17) is 18.0 Å². The van der Waals surface area contributed by atoms with Crippen molar-refractivity contribution in [1.82, 2.24) is 0 Å². The standard InChI is InChI=1S/C12H17N3S/c1-12(2)7-15(3)10-5-4-8(6-9(10)12)14-11(13)16/h4-6H,7H2,1-3H3,(H3,13,14,16). The average molecular weight is 235 g/mol. The Morgan fingerprint density at radius 3 is 2.81 bits per heavy atom. The van der Waals surface area contributed by atoms with Crippen LogP contribution in [0.1, 0.15) is 19.4 Å². The number of nitrogens with two attached hydrogens (primary N) is 1. The van der Waals surface area contributed by atoms with Gasteiger partial charge in [0, 0.05) is 30.4 Å². The molecule has 1 aliphatic rings. The molecule has 0 unspecified atom stereocenters. The number of hydrogen-bond donors (Lipinski definition) is 2. The predicted octanol–water partition coefficient (Wildman–Crippen LogP) is 2.07. The topological polar surface area (TPSA) is 41.3 Å². The van der Waals surface area contributed by atoms with E-state index in [1.165, 1.54) is 11.3 Å². The minimum absolute atomic E-state index is 0.179. The average Bonchev–Trinajstić information content (AvgIpc) is 2.36. The molecule has 1 aliphatic heterocycles. The van der Waals surface area contributed by atoms with Gasteiger partial charge in [0.2, 0.25) is 0 Å². The van der Waals surface area contributed by atoms with Crippen molar-refractivity contribution >= 4 is 28.7 Å². The number of nitrogens with one attached hydrogen (secondary N) is 1. The Bertz CT molecular complexity index is 440. The molecule has 0 saturated carbocycles.